The van der Waals surface area contributed by atoms with Crippen LogP contribution in [0.5, 0.6) is 0 Å². The molecule has 0 radical (unpaired) electrons. The van der Waals surface area contributed by atoms with Gasteiger partial charge in [0.25, 0.3) is 0 Å². The molecule has 1 rings (SSSR count). The highest BCUT2D eigenvalue weighted by molar-refractivity contribution is 7.98. The molecule has 0 aliphatic carbocycles. The Balaban J connectivity index is 2.66. The van der Waals surface area contributed by atoms with Gasteiger partial charge in [-0.15, -0.1) is 11.3 Å². The highest BCUT2D eigenvalue weighted by Gasteiger charge is 2.09. The number of thioether (sulfide) groups is 1. The molecule has 1 aromatic heterocycles. The molecule has 4 heteroatoms. The van der Waals surface area contributed by atoms with Gasteiger partial charge in [-0.25, -0.2) is 0 Å². The molecular formula is C8H14N2S2. The minimum atomic E-state index is 0.304. The molecule has 0 aliphatic heterocycles. The van der Waals surface area contributed by atoms with Crippen molar-refractivity contribution in [3.63, 3.8) is 0 Å². The van der Waals surface area contributed by atoms with E-state index in [1.54, 1.807) is 23.1 Å². The van der Waals surface area contributed by atoms with Crippen LogP contribution in [-0.2, 0) is 0 Å². The Morgan fingerprint density at radius 2 is 2.42 bits per heavy atom. The van der Waals surface area contributed by atoms with Crippen molar-refractivity contribution in [2.75, 3.05) is 12.0 Å². The van der Waals surface area contributed by atoms with E-state index >= 15 is 0 Å². The van der Waals surface area contributed by atoms with Gasteiger partial charge >= 0.3 is 0 Å². The quantitative estimate of drug-likeness (QED) is 0.579. The van der Waals surface area contributed by atoms with E-state index < -0.39 is 0 Å². The number of nitrogens with two attached hydrogens (primary N) is 1. The Hall–Kier alpha value is -0.0300. The molecule has 2 nitrogen and oxygen atoms in total. The molecule has 0 bridgehead atoms. The van der Waals surface area contributed by atoms with Crippen LogP contribution < -0.4 is 11.3 Å². The predicted octanol–water partition coefficient (Wildman–Crippen LogP) is 1.92. The topological polar surface area (TPSA) is 38.0 Å². The highest BCUT2D eigenvalue weighted by Crippen LogP contribution is 2.24. The second-order valence-corrected chi connectivity index (χ2v) is 4.85. The maximum absolute atomic E-state index is 5.44. The van der Waals surface area contributed by atoms with Crippen LogP contribution in [0.3, 0.4) is 0 Å². The predicted molar refractivity (Wildman–Crippen MR) is 57.5 cm³/mol. The molecule has 1 heterocycles. The summed E-state index contributed by atoms with van der Waals surface area (Å²) in [6, 6.07) is 4.57. The molecule has 0 aromatic carbocycles. The molecule has 0 spiro atoms. The summed E-state index contributed by atoms with van der Waals surface area (Å²) in [7, 11) is 0. The summed E-state index contributed by atoms with van der Waals surface area (Å²) in [5.41, 5.74) is 2.82. The number of aryl methyl sites for hydroxylation is 1. The van der Waals surface area contributed by atoms with Gasteiger partial charge in [0, 0.05) is 15.5 Å². The molecule has 68 valence electrons. The number of rotatable bonds is 4. The lowest BCUT2D eigenvalue weighted by Crippen LogP contribution is -2.28. The first-order valence-corrected chi connectivity index (χ1v) is 6.00. The SMILES string of the molecule is CSCC(NN)c1ccc(C)s1. The van der Waals surface area contributed by atoms with Crippen LogP contribution in [0.4, 0.5) is 0 Å². The van der Waals surface area contributed by atoms with E-state index in [-0.39, 0.29) is 0 Å². The van der Waals surface area contributed by atoms with Crippen LogP contribution in [-0.4, -0.2) is 12.0 Å². The number of hydrogen-bond acceptors (Lipinski definition) is 4. The van der Waals surface area contributed by atoms with Gasteiger partial charge in [0.05, 0.1) is 6.04 Å². The summed E-state index contributed by atoms with van der Waals surface area (Å²) in [5, 5.41) is 0. The zero-order valence-corrected chi connectivity index (χ0v) is 8.97. The lowest BCUT2D eigenvalue weighted by atomic mass is 10.3. The van der Waals surface area contributed by atoms with Gasteiger partial charge in [0.15, 0.2) is 0 Å². The third-order valence-corrected chi connectivity index (χ3v) is 3.42. The summed E-state index contributed by atoms with van der Waals surface area (Å²) in [4.78, 5) is 2.66. The van der Waals surface area contributed by atoms with E-state index in [1.807, 2.05) is 0 Å². The lowest BCUT2D eigenvalue weighted by Gasteiger charge is -2.11. The van der Waals surface area contributed by atoms with E-state index in [4.69, 9.17) is 5.84 Å². The van der Waals surface area contributed by atoms with E-state index in [9.17, 15) is 0 Å². The second-order valence-electron chi connectivity index (χ2n) is 2.62. The first kappa shape index (κ1) is 10.1. The van der Waals surface area contributed by atoms with Crippen LogP contribution in [0, 0.1) is 6.92 Å². The molecule has 1 unspecified atom stereocenters. The Labute approximate surface area is 81.5 Å². The molecule has 1 aromatic rings. The van der Waals surface area contributed by atoms with Gasteiger partial charge < -0.3 is 0 Å². The van der Waals surface area contributed by atoms with Crippen LogP contribution in [0.25, 0.3) is 0 Å². The van der Waals surface area contributed by atoms with Crippen LogP contribution in [0.1, 0.15) is 15.8 Å². The minimum absolute atomic E-state index is 0.304. The fourth-order valence-corrected chi connectivity index (χ4v) is 2.67. The van der Waals surface area contributed by atoms with Crippen molar-refractivity contribution in [1.29, 1.82) is 0 Å². The third kappa shape index (κ3) is 2.48. The maximum atomic E-state index is 5.44. The Kier molecular flexibility index (Phi) is 4.08. The fraction of sp³-hybridized carbons (Fsp3) is 0.500. The van der Waals surface area contributed by atoms with Gasteiger partial charge in [-0.3, -0.25) is 11.3 Å². The van der Waals surface area contributed by atoms with Crippen molar-refractivity contribution in [2.45, 2.75) is 13.0 Å². The first-order chi connectivity index (χ1) is 5.77. The molecule has 3 N–H and O–H groups in total. The van der Waals surface area contributed by atoms with Crippen molar-refractivity contribution >= 4 is 23.1 Å². The van der Waals surface area contributed by atoms with Crippen LogP contribution in [0.2, 0.25) is 0 Å². The van der Waals surface area contributed by atoms with Crippen LogP contribution in [0.15, 0.2) is 12.1 Å². The second kappa shape index (κ2) is 4.87. The Bertz CT molecular complexity index is 235. The summed E-state index contributed by atoms with van der Waals surface area (Å²) in [6.45, 7) is 2.11. The molecule has 0 amide bonds. The van der Waals surface area contributed by atoms with Gasteiger partial charge in [-0.05, 0) is 25.3 Å². The fourth-order valence-electron chi connectivity index (χ4n) is 1.02. The van der Waals surface area contributed by atoms with Gasteiger partial charge in [-0.2, -0.15) is 11.8 Å². The summed E-state index contributed by atoms with van der Waals surface area (Å²) < 4.78 is 0. The van der Waals surface area contributed by atoms with Crippen molar-refractivity contribution in [3.8, 4) is 0 Å². The smallest absolute Gasteiger partial charge is 0.0643 e. The molecule has 0 aliphatic rings. The first-order valence-electron chi connectivity index (χ1n) is 3.79. The standard InChI is InChI=1S/C8H14N2S2/c1-6-3-4-8(12-6)7(10-9)5-11-2/h3-4,7,10H,5,9H2,1-2H3. The number of hydrazine groups is 1. The van der Waals surface area contributed by atoms with Gasteiger partial charge in [0.2, 0.25) is 0 Å². The largest absolute Gasteiger partial charge is 0.271 e. The van der Waals surface area contributed by atoms with Gasteiger partial charge in [-0.1, -0.05) is 0 Å². The van der Waals surface area contributed by atoms with E-state index in [2.05, 4.69) is 30.7 Å². The molecule has 0 saturated carbocycles. The zero-order chi connectivity index (χ0) is 8.97. The summed E-state index contributed by atoms with van der Waals surface area (Å²) in [6.07, 6.45) is 2.09. The minimum Gasteiger partial charge on any atom is -0.271 e. The Morgan fingerprint density at radius 3 is 2.83 bits per heavy atom. The van der Waals surface area contributed by atoms with E-state index in [0.29, 0.717) is 6.04 Å². The summed E-state index contributed by atoms with van der Waals surface area (Å²) >= 11 is 3.61. The van der Waals surface area contributed by atoms with Crippen molar-refractivity contribution < 1.29 is 0 Å². The van der Waals surface area contributed by atoms with Crippen LogP contribution >= 0.6 is 23.1 Å². The average molecular weight is 202 g/mol. The normalized spacial score (nSPS) is 13.2. The third-order valence-electron chi connectivity index (χ3n) is 1.64. The molecule has 1 atom stereocenters. The van der Waals surface area contributed by atoms with Crippen molar-refractivity contribution in [1.82, 2.24) is 5.43 Å². The Morgan fingerprint density at radius 1 is 1.67 bits per heavy atom. The lowest BCUT2D eigenvalue weighted by molar-refractivity contribution is 0.621. The molecule has 12 heavy (non-hydrogen) atoms. The average Bonchev–Trinajstić information content (AvgIpc) is 2.47. The molecular weight excluding hydrogens is 188 g/mol. The molecule has 0 saturated heterocycles. The molecule has 0 fully saturated rings. The number of nitrogens with one attached hydrogen (secondary N) is 1. The number of thiophene rings is 1. The highest BCUT2D eigenvalue weighted by atomic mass is 32.2. The summed E-state index contributed by atoms with van der Waals surface area (Å²) in [5.74, 6) is 6.47. The van der Waals surface area contributed by atoms with Crippen molar-refractivity contribution in [3.05, 3.63) is 21.9 Å². The van der Waals surface area contributed by atoms with Crippen molar-refractivity contribution in [2.24, 2.45) is 5.84 Å². The van der Waals surface area contributed by atoms with E-state index in [0.717, 1.165) is 5.75 Å². The zero-order valence-electron chi connectivity index (χ0n) is 7.33. The van der Waals surface area contributed by atoms with Gasteiger partial charge in [0.1, 0.15) is 0 Å². The number of hydrogen-bond donors (Lipinski definition) is 2. The monoisotopic (exact) mass is 202 g/mol. The maximum Gasteiger partial charge on any atom is 0.0643 e. The van der Waals surface area contributed by atoms with E-state index in [1.165, 1.54) is 9.75 Å².